The first-order valence-corrected chi connectivity index (χ1v) is 27.7. The van der Waals surface area contributed by atoms with Gasteiger partial charge in [-0.15, -0.1) is 22.7 Å². The fraction of sp³-hybridized carbons (Fsp3) is 0.308. The molecule has 0 N–H and O–H groups in total. The Labute approximate surface area is 436 Å². The van der Waals surface area contributed by atoms with Gasteiger partial charge in [0.05, 0.1) is 11.4 Å². The van der Waals surface area contributed by atoms with Crippen LogP contribution in [0.1, 0.15) is 131 Å². The van der Waals surface area contributed by atoms with Gasteiger partial charge in [0.25, 0.3) is 6.71 Å². The van der Waals surface area contributed by atoms with Gasteiger partial charge in [-0.2, -0.15) is 0 Å². The van der Waals surface area contributed by atoms with E-state index in [4.69, 9.17) is 4.98 Å². The lowest BCUT2D eigenvalue weighted by Crippen LogP contribution is -2.59. The molecule has 7 heteroatoms. The molecule has 4 nitrogen and oxygen atoms in total. The summed E-state index contributed by atoms with van der Waals surface area (Å²) in [6, 6.07) is 55.5. The van der Waals surface area contributed by atoms with E-state index in [9.17, 15) is 0 Å². The van der Waals surface area contributed by atoms with Crippen molar-refractivity contribution < 1.29 is 0 Å². The van der Waals surface area contributed by atoms with Gasteiger partial charge in [0, 0.05) is 64.2 Å². The molecule has 0 saturated heterocycles. The average molecular weight is 979 g/mol. The Bertz CT molecular complexity index is 3560. The van der Waals surface area contributed by atoms with E-state index in [1.165, 1.54) is 92.2 Å². The fourth-order valence-corrected chi connectivity index (χ4v) is 14.4. The molecule has 6 aromatic carbocycles. The number of benzene rings is 6. The van der Waals surface area contributed by atoms with Crippen molar-refractivity contribution in [3.05, 3.63) is 173 Å². The molecular weight excluding hydrogens is 912 g/mol. The van der Waals surface area contributed by atoms with Crippen molar-refractivity contribution >= 4 is 116 Å². The second-order valence-corrected chi connectivity index (χ2v) is 27.4. The van der Waals surface area contributed by atoms with Crippen LogP contribution in [0.5, 0.6) is 0 Å². The number of para-hydroxylation sites is 2. The minimum absolute atomic E-state index is 0.000160. The first-order valence-electron chi connectivity index (χ1n) is 26.0. The van der Waals surface area contributed by atoms with Crippen LogP contribution in [0.4, 0.5) is 51.4 Å². The van der Waals surface area contributed by atoms with Gasteiger partial charge < -0.3 is 4.90 Å². The first-order chi connectivity index (χ1) is 34.1. The van der Waals surface area contributed by atoms with Gasteiger partial charge in [0.2, 0.25) is 0 Å². The minimum Gasteiger partial charge on any atom is -0.310 e. The predicted octanol–water partition coefficient (Wildman–Crippen LogP) is 17.3. The minimum atomic E-state index is -0.0521. The van der Waals surface area contributed by atoms with Crippen LogP contribution in [-0.4, -0.2) is 11.7 Å². The van der Waals surface area contributed by atoms with Crippen LogP contribution < -0.4 is 29.7 Å². The van der Waals surface area contributed by atoms with Crippen molar-refractivity contribution in [1.82, 2.24) is 4.98 Å². The summed E-state index contributed by atoms with van der Waals surface area (Å²) in [4.78, 5) is 13.7. The number of fused-ring (bicyclic) bond motifs is 9. The van der Waals surface area contributed by atoms with E-state index in [1.54, 1.807) is 0 Å². The molecular formula is C65H67BN4S2. The van der Waals surface area contributed by atoms with Crippen LogP contribution in [0.3, 0.4) is 0 Å². The number of thiophene rings is 2. The largest absolute Gasteiger partial charge is 0.310 e. The zero-order valence-corrected chi connectivity index (χ0v) is 46.1. The predicted molar refractivity (Wildman–Crippen MR) is 315 cm³/mol. The van der Waals surface area contributed by atoms with E-state index >= 15 is 0 Å². The lowest BCUT2D eigenvalue weighted by molar-refractivity contribution is 0.332. The molecule has 1 aliphatic carbocycles. The lowest BCUT2D eigenvalue weighted by Gasteiger charge is -2.44. The van der Waals surface area contributed by atoms with Gasteiger partial charge >= 0.3 is 0 Å². The second-order valence-electron chi connectivity index (χ2n) is 25.2. The Morgan fingerprint density at radius 1 is 0.500 bits per heavy atom. The van der Waals surface area contributed by atoms with Crippen molar-refractivity contribution in [2.75, 3.05) is 14.7 Å². The summed E-state index contributed by atoms with van der Waals surface area (Å²) >= 11 is 3.95. The van der Waals surface area contributed by atoms with E-state index in [0.29, 0.717) is 0 Å². The number of aromatic nitrogens is 1. The molecule has 0 atom stereocenters. The summed E-state index contributed by atoms with van der Waals surface area (Å²) < 4.78 is 5.37. The SMILES string of the molecule is CC(C)(C)c1ccc(N2c3nc(N(c4ccccc4)c4ccccc4)cc4c3B(c3sc5ccc(C(C)(C)C)cc5c3N4c3ccc4c(c3)C(C)(C)CCC4(C)C)c3sc4ccc(C(C)(C)C)cc4c32)cc1. The van der Waals surface area contributed by atoms with Crippen LogP contribution >= 0.6 is 22.7 Å². The highest BCUT2D eigenvalue weighted by molar-refractivity contribution is 7.40. The number of pyridine rings is 1. The summed E-state index contributed by atoms with van der Waals surface area (Å²) in [5.41, 5.74) is 16.3. The van der Waals surface area contributed by atoms with Crippen LogP contribution in [0, 0.1) is 0 Å². The van der Waals surface area contributed by atoms with Crippen molar-refractivity contribution in [1.29, 1.82) is 0 Å². The maximum Gasteiger partial charge on any atom is 0.279 e. The Balaban J connectivity index is 1.26. The van der Waals surface area contributed by atoms with E-state index in [1.807, 2.05) is 22.7 Å². The third-order valence-corrected chi connectivity index (χ3v) is 18.6. The molecule has 12 rings (SSSR count). The average Bonchev–Trinajstić information content (AvgIpc) is 3.91. The molecule has 0 spiro atoms. The lowest BCUT2D eigenvalue weighted by atomic mass is 9.39. The highest BCUT2D eigenvalue weighted by Crippen LogP contribution is 2.54. The van der Waals surface area contributed by atoms with Crippen LogP contribution in [0.25, 0.3) is 20.2 Å². The van der Waals surface area contributed by atoms with Crippen LogP contribution in [0.15, 0.2) is 146 Å². The van der Waals surface area contributed by atoms with Gasteiger partial charge in [0.1, 0.15) is 11.6 Å². The maximum absolute atomic E-state index is 6.09. The number of anilines is 9. The standard InChI is InChI=1S/C65H67BN4S2/c1-61(2,3)40-24-28-45(29-25-40)70-57-48-37-42(63(7,8)9)27-33-53(48)72-59(57)66-55-51(39-54(67-60(55)70)68(43-20-16-14-17-21-43)44-22-18-15-19-23-44)69(46-30-31-49-50(38-46)65(12,13)35-34-64(49,10)11)56-47-36-41(62(4,5)6)26-32-52(47)71-58(56)66/h14-33,36-39H,34-35H2,1-13H3. The molecule has 0 fully saturated rings. The Hall–Kier alpha value is -6.15. The Kier molecular flexibility index (Phi) is 10.5. The Morgan fingerprint density at radius 2 is 0.972 bits per heavy atom. The van der Waals surface area contributed by atoms with Crippen molar-refractivity contribution in [3.8, 4) is 0 Å². The van der Waals surface area contributed by atoms with Crippen LogP contribution in [-0.2, 0) is 27.1 Å². The number of hydrogen-bond acceptors (Lipinski definition) is 6. The summed E-state index contributed by atoms with van der Waals surface area (Å²) in [5.74, 6) is 1.85. The Morgan fingerprint density at radius 3 is 1.49 bits per heavy atom. The fourth-order valence-electron chi connectivity index (χ4n) is 11.8. The third kappa shape index (κ3) is 7.46. The number of rotatable bonds is 5. The highest BCUT2D eigenvalue weighted by Gasteiger charge is 2.49. The monoisotopic (exact) mass is 978 g/mol. The zero-order chi connectivity index (χ0) is 50.4. The molecule has 0 radical (unpaired) electrons. The molecule has 0 bridgehead atoms. The molecule has 3 aromatic heterocycles. The summed E-state index contributed by atoms with van der Waals surface area (Å²) in [5, 5.41) is 2.59. The maximum atomic E-state index is 6.09. The topological polar surface area (TPSA) is 22.6 Å². The van der Waals surface area contributed by atoms with E-state index in [2.05, 4.69) is 250 Å². The summed E-state index contributed by atoms with van der Waals surface area (Å²) in [6.45, 7) is 30.7. The van der Waals surface area contributed by atoms with Gasteiger partial charge in [-0.3, -0.25) is 9.80 Å². The highest BCUT2D eigenvalue weighted by atomic mass is 32.1. The first kappa shape index (κ1) is 46.9. The summed E-state index contributed by atoms with van der Waals surface area (Å²) in [7, 11) is 0. The van der Waals surface area contributed by atoms with E-state index < -0.39 is 0 Å². The van der Waals surface area contributed by atoms with Gasteiger partial charge in [-0.25, -0.2) is 4.98 Å². The quantitative estimate of drug-likeness (QED) is 0.160. The molecule has 72 heavy (non-hydrogen) atoms. The molecule has 5 heterocycles. The zero-order valence-electron chi connectivity index (χ0n) is 44.5. The smallest absolute Gasteiger partial charge is 0.279 e. The van der Waals surface area contributed by atoms with Crippen molar-refractivity contribution in [2.24, 2.45) is 0 Å². The van der Waals surface area contributed by atoms with Crippen molar-refractivity contribution in [2.45, 2.75) is 130 Å². The van der Waals surface area contributed by atoms with Gasteiger partial charge in [-0.1, -0.05) is 157 Å². The number of nitrogens with zero attached hydrogens (tertiary/aromatic N) is 4. The van der Waals surface area contributed by atoms with E-state index in [0.717, 1.165) is 35.1 Å². The molecule has 9 aromatic rings. The normalized spacial score (nSPS) is 15.9. The molecule has 3 aliphatic rings. The molecule has 2 aliphatic heterocycles. The molecule has 0 saturated carbocycles. The third-order valence-electron chi connectivity index (χ3n) is 16.2. The van der Waals surface area contributed by atoms with Crippen LogP contribution in [0.2, 0.25) is 0 Å². The summed E-state index contributed by atoms with van der Waals surface area (Å²) in [6.07, 6.45) is 2.32. The second kappa shape index (κ2) is 16.2. The molecule has 0 amide bonds. The molecule has 362 valence electrons. The number of hydrogen-bond donors (Lipinski definition) is 0. The van der Waals surface area contributed by atoms with Gasteiger partial charge in [-0.05, 0) is 146 Å². The van der Waals surface area contributed by atoms with Crippen molar-refractivity contribution in [3.63, 3.8) is 0 Å². The van der Waals surface area contributed by atoms with E-state index in [-0.39, 0.29) is 33.8 Å². The van der Waals surface area contributed by atoms with Gasteiger partial charge in [0.15, 0.2) is 0 Å². The molecule has 0 unspecified atom stereocenters.